The minimum absolute atomic E-state index is 0. The van der Waals surface area contributed by atoms with E-state index < -0.39 is 0 Å². The van der Waals surface area contributed by atoms with Crippen LogP contribution in [0.1, 0.15) is 24.1 Å². The molecule has 2 nitrogen and oxygen atoms in total. The van der Waals surface area contributed by atoms with Crippen LogP contribution >= 0.6 is 12.4 Å². The second kappa shape index (κ2) is 5.14. The van der Waals surface area contributed by atoms with Crippen LogP contribution in [0.15, 0.2) is 24.3 Å². The van der Waals surface area contributed by atoms with Crippen molar-refractivity contribution < 1.29 is 5.11 Å². The van der Waals surface area contributed by atoms with E-state index in [0.29, 0.717) is 0 Å². The largest absolute Gasteiger partial charge is 0.392 e. The Labute approximate surface area is 78.8 Å². The molecule has 1 rings (SSSR count). The van der Waals surface area contributed by atoms with Gasteiger partial charge in [0.1, 0.15) is 0 Å². The molecule has 0 saturated heterocycles. The van der Waals surface area contributed by atoms with Gasteiger partial charge in [0.25, 0.3) is 0 Å². The van der Waals surface area contributed by atoms with Crippen molar-refractivity contribution in [2.45, 2.75) is 19.6 Å². The van der Waals surface area contributed by atoms with Crippen LogP contribution in [-0.4, -0.2) is 5.11 Å². The Bertz CT molecular complexity index is 238. The molecule has 1 aromatic carbocycles. The van der Waals surface area contributed by atoms with Gasteiger partial charge < -0.3 is 10.8 Å². The Balaban J connectivity index is 0.00000121. The molecule has 0 aromatic heterocycles. The van der Waals surface area contributed by atoms with E-state index >= 15 is 0 Å². The minimum Gasteiger partial charge on any atom is -0.392 e. The zero-order chi connectivity index (χ0) is 8.27. The lowest BCUT2D eigenvalue weighted by Gasteiger charge is -2.09. The highest BCUT2D eigenvalue weighted by molar-refractivity contribution is 5.85. The van der Waals surface area contributed by atoms with Crippen molar-refractivity contribution in [3.63, 3.8) is 0 Å². The summed E-state index contributed by atoms with van der Waals surface area (Å²) in [6.07, 6.45) is 0. The van der Waals surface area contributed by atoms with Crippen molar-refractivity contribution in [3.8, 4) is 0 Å². The van der Waals surface area contributed by atoms with Crippen molar-refractivity contribution in [1.29, 1.82) is 0 Å². The number of benzene rings is 1. The van der Waals surface area contributed by atoms with Gasteiger partial charge in [-0.2, -0.15) is 0 Å². The Morgan fingerprint density at radius 1 is 1.42 bits per heavy atom. The highest BCUT2D eigenvalue weighted by Gasteiger charge is 2.03. The van der Waals surface area contributed by atoms with Crippen LogP contribution in [0.25, 0.3) is 0 Å². The van der Waals surface area contributed by atoms with E-state index in [2.05, 4.69) is 0 Å². The summed E-state index contributed by atoms with van der Waals surface area (Å²) in [4.78, 5) is 0. The molecule has 0 aliphatic rings. The third-order valence-corrected chi connectivity index (χ3v) is 1.72. The molecule has 0 bridgehead atoms. The number of rotatable bonds is 2. The summed E-state index contributed by atoms with van der Waals surface area (Å²) in [5, 5.41) is 8.91. The average Bonchev–Trinajstić information content (AvgIpc) is 2.04. The monoisotopic (exact) mass is 187 g/mol. The highest BCUT2D eigenvalue weighted by atomic mass is 35.5. The predicted molar refractivity (Wildman–Crippen MR) is 52.2 cm³/mol. The van der Waals surface area contributed by atoms with E-state index in [0.717, 1.165) is 11.1 Å². The fraction of sp³-hybridized carbons (Fsp3) is 0.333. The molecule has 0 amide bonds. The molecule has 1 unspecified atom stereocenters. The molecule has 0 aliphatic carbocycles. The first-order valence-electron chi connectivity index (χ1n) is 3.70. The Hall–Kier alpha value is -0.570. The van der Waals surface area contributed by atoms with E-state index in [1.807, 2.05) is 31.2 Å². The maximum atomic E-state index is 8.91. The first-order chi connectivity index (χ1) is 5.25. The third-order valence-electron chi connectivity index (χ3n) is 1.72. The van der Waals surface area contributed by atoms with Crippen molar-refractivity contribution in [3.05, 3.63) is 35.4 Å². The fourth-order valence-electron chi connectivity index (χ4n) is 1.12. The summed E-state index contributed by atoms with van der Waals surface area (Å²) in [5.41, 5.74) is 7.62. The summed E-state index contributed by atoms with van der Waals surface area (Å²) in [7, 11) is 0. The smallest absolute Gasteiger partial charge is 0.0685 e. The summed E-state index contributed by atoms with van der Waals surface area (Å²) >= 11 is 0. The molecule has 68 valence electrons. The summed E-state index contributed by atoms with van der Waals surface area (Å²) in [5.74, 6) is 0. The van der Waals surface area contributed by atoms with E-state index in [1.54, 1.807) is 0 Å². The van der Waals surface area contributed by atoms with E-state index in [-0.39, 0.29) is 25.1 Å². The van der Waals surface area contributed by atoms with Gasteiger partial charge in [-0.25, -0.2) is 0 Å². The third kappa shape index (κ3) is 2.48. The standard InChI is InChI=1S/C9H13NO.ClH/c1-7(10)9-5-3-2-4-8(9)6-11;/h2-5,7,11H,6,10H2,1H3;1H. The number of aliphatic hydroxyl groups is 1. The molecule has 1 atom stereocenters. The van der Waals surface area contributed by atoms with E-state index in [1.165, 1.54) is 0 Å². The Morgan fingerprint density at radius 2 is 2.00 bits per heavy atom. The van der Waals surface area contributed by atoms with Crippen LogP contribution in [0, 0.1) is 0 Å². The molecular formula is C9H14ClNO. The number of aliphatic hydroxyl groups excluding tert-OH is 1. The van der Waals surface area contributed by atoms with Gasteiger partial charge in [-0.1, -0.05) is 24.3 Å². The molecule has 0 aliphatic heterocycles. The van der Waals surface area contributed by atoms with E-state index in [9.17, 15) is 0 Å². The van der Waals surface area contributed by atoms with Gasteiger partial charge in [0.2, 0.25) is 0 Å². The second-order valence-corrected chi connectivity index (χ2v) is 2.65. The van der Waals surface area contributed by atoms with E-state index in [4.69, 9.17) is 10.8 Å². The first kappa shape index (κ1) is 11.4. The maximum Gasteiger partial charge on any atom is 0.0685 e. The van der Waals surface area contributed by atoms with Gasteiger partial charge in [-0.15, -0.1) is 12.4 Å². The Morgan fingerprint density at radius 3 is 2.42 bits per heavy atom. The van der Waals surface area contributed by atoms with Crippen LogP contribution in [0.2, 0.25) is 0 Å². The van der Waals surface area contributed by atoms with Crippen LogP contribution < -0.4 is 5.73 Å². The zero-order valence-corrected chi connectivity index (χ0v) is 7.84. The van der Waals surface area contributed by atoms with Gasteiger partial charge in [0.05, 0.1) is 6.61 Å². The number of halogens is 1. The van der Waals surface area contributed by atoms with Gasteiger partial charge in [0, 0.05) is 6.04 Å². The van der Waals surface area contributed by atoms with Crippen LogP contribution in [0.5, 0.6) is 0 Å². The molecular weight excluding hydrogens is 174 g/mol. The lowest BCUT2D eigenvalue weighted by molar-refractivity contribution is 0.280. The fourth-order valence-corrected chi connectivity index (χ4v) is 1.12. The van der Waals surface area contributed by atoms with Crippen LogP contribution in [0.4, 0.5) is 0 Å². The van der Waals surface area contributed by atoms with Crippen LogP contribution in [-0.2, 0) is 6.61 Å². The summed E-state index contributed by atoms with van der Waals surface area (Å²) in [6.45, 7) is 1.98. The molecule has 1 aromatic rings. The van der Waals surface area contributed by atoms with Crippen LogP contribution in [0.3, 0.4) is 0 Å². The lowest BCUT2D eigenvalue weighted by atomic mass is 10.0. The highest BCUT2D eigenvalue weighted by Crippen LogP contribution is 2.14. The van der Waals surface area contributed by atoms with Crippen molar-refractivity contribution >= 4 is 12.4 Å². The second-order valence-electron chi connectivity index (χ2n) is 2.65. The van der Waals surface area contributed by atoms with Crippen molar-refractivity contribution in [2.24, 2.45) is 5.73 Å². The van der Waals surface area contributed by atoms with Gasteiger partial charge in [0.15, 0.2) is 0 Å². The van der Waals surface area contributed by atoms with Gasteiger partial charge in [-0.05, 0) is 18.1 Å². The molecule has 0 heterocycles. The Kier molecular flexibility index (Phi) is 4.90. The predicted octanol–water partition coefficient (Wildman–Crippen LogP) is 1.62. The molecule has 0 saturated carbocycles. The molecule has 3 N–H and O–H groups in total. The van der Waals surface area contributed by atoms with Crippen molar-refractivity contribution in [1.82, 2.24) is 0 Å². The molecule has 0 fully saturated rings. The maximum absolute atomic E-state index is 8.91. The number of hydrogen-bond acceptors (Lipinski definition) is 2. The first-order valence-corrected chi connectivity index (χ1v) is 3.70. The average molecular weight is 188 g/mol. The lowest BCUT2D eigenvalue weighted by Crippen LogP contribution is -2.07. The van der Waals surface area contributed by atoms with Gasteiger partial charge in [-0.3, -0.25) is 0 Å². The summed E-state index contributed by atoms with van der Waals surface area (Å²) < 4.78 is 0. The van der Waals surface area contributed by atoms with Gasteiger partial charge >= 0.3 is 0 Å². The zero-order valence-electron chi connectivity index (χ0n) is 7.03. The number of nitrogens with two attached hydrogens (primary N) is 1. The quantitative estimate of drug-likeness (QED) is 0.739. The molecule has 0 radical (unpaired) electrons. The topological polar surface area (TPSA) is 46.2 Å². The SMILES string of the molecule is CC(N)c1ccccc1CO.Cl. The molecule has 0 spiro atoms. The number of hydrogen-bond donors (Lipinski definition) is 2. The van der Waals surface area contributed by atoms with Crippen molar-refractivity contribution in [2.75, 3.05) is 0 Å². The molecule has 3 heteroatoms. The minimum atomic E-state index is -0.00153. The molecule has 12 heavy (non-hydrogen) atoms. The normalized spacial score (nSPS) is 11.9. The summed E-state index contributed by atoms with van der Waals surface area (Å²) in [6, 6.07) is 7.66.